The second kappa shape index (κ2) is 7.40. The molecule has 0 aliphatic heterocycles. The highest BCUT2D eigenvalue weighted by molar-refractivity contribution is 6.16. The maximum Gasteiger partial charge on any atom is 0.280 e. The normalized spacial score (nSPS) is 11.2. The summed E-state index contributed by atoms with van der Waals surface area (Å²) in [6.07, 6.45) is 0. The summed E-state index contributed by atoms with van der Waals surface area (Å²) in [5, 5.41) is 11.5. The molecule has 3 rings (SSSR count). The van der Waals surface area contributed by atoms with Crippen LogP contribution in [0.4, 0.5) is 17.1 Å². The molecule has 0 bridgehead atoms. The third-order valence-corrected chi connectivity index (χ3v) is 3.79. The molecule has 0 amide bonds. The summed E-state index contributed by atoms with van der Waals surface area (Å²) >= 11 is 0. The number of hydrogen-bond acceptors (Lipinski definition) is 3. The number of nitrogens with zero attached hydrogens (tertiary/aromatic N) is 3. The molecule has 0 radical (unpaired) electrons. The maximum atomic E-state index is 11.5. The maximum absolute atomic E-state index is 11.5. The van der Waals surface area contributed by atoms with Crippen molar-refractivity contribution in [3.63, 3.8) is 0 Å². The molecule has 0 saturated heterocycles. The number of amidine groups is 1. The Balaban J connectivity index is 2.21. The Kier molecular flexibility index (Phi) is 4.85. The van der Waals surface area contributed by atoms with E-state index in [2.05, 4.69) is 4.99 Å². The predicted octanol–water partition coefficient (Wildman–Crippen LogP) is 4.81. The second-order valence-electron chi connectivity index (χ2n) is 5.33. The average Bonchev–Trinajstić information content (AvgIpc) is 2.67. The van der Waals surface area contributed by atoms with Gasteiger partial charge in [0.15, 0.2) is 0 Å². The van der Waals surface area contributed by atoms with E-state index in [0.29, 0.717) is 11.4 Å². The van der Waals surface area contributed by atoms with E-state index in [1.165, 1.54) is 6.07 Å². The Morgan fingerprint density at radius 2 is 1.32 bits per heavy atom. The molecule has 0 aromatic heterocycles. The molecule has 3 aromatic rings. The van der Waals surface area contributed by atoms with Crippen molar-refractivity contribution in [2.75, 3.05) is 11.9 Å². The molecule has 5 nitrogen and oxygen atoms in total. The number of anilines is 2. The van der Waals surface area contributed by atoms with Gasteiger partial charge in [-0.2, -0.15) is 0 Å². The van der Waals surface area contributed by atoms with Gasteiger partial charge in [0.05, 0.1) is 10.5 Å². The minimum absolute atomic E-state index is 0.0277. The van der Waals surface area contributed by atoms with Crippen LogP contribution in [0.1, 0.15) is 5.56 Å². The van der Waals surface area contributed by atoms with E-state index in [1.807, 2.05) is 65.6 Å². The van der Waals surface area contributed by atoms with Gasteiger partial charge < -0.3 is 0 Å². The van der Waals surface area contributed by atoms with E-state index in [9.17, 15) is 10.1 Å². The zero-order chi connectivity index (χ0) is 17.6. The van der Waals surface area contributed by atoms with E-state index < -0.39 is 0 Å². The molecule has 3 aromatic carbocycles. The third-order valence-electron chi connectivity index (χ3n) is 3.79. The number of aliphatic imine (C=N–C) groups is 1. The van der Waals surface area contributed by atoms with E-state index in [-0.39, 0.29) is 10.6 Å². The van der Waals surface area contributed by atoms with Crippen molar-refractivity contribution in [2.45, 2.75) is 0 Å². The van der Waals surface area contributed by atoms with Gasteiger partial charge in [-0.1, -0.05) is 48.5 Å². The lowest BCUT2D eigenvalue weighted by Crippen LogP contribution is -2.27. The molecule has 0 aliphatic carbocycles. The Morgan fingerprint density at radius 1 is 0.840 bits per heavy atom. The molecule has 0 aliphatic rings. The van der Waals surface area contributed by atoms with Gasteiger partial charge in [-0.05, 0) is 30.3 Å². The van der Waals surface area contributed by atoms with Gasteiger partial charge in [0.25, 0.3) is 5.69 Å². The van der Waals surface area contributed by atoms with Crippen molar-refractivity contribution in [3.05, 3.63) is 101 Å². The van der Waals surface area contributed by atoms with Crippen LogP contribution in [0.25, 0.3) is 0 Å². The first kappa shape index (κ1) is 16.4. The third kappa shape index (κ3) is 3.40. The Labute approximate surface area is 146 Å². The van der Waals surface area contributed by atoms with Gasteiger partial charge in [0.1, 0.15) is 5.84 Å². The van der Waals surface area contributed by atoms with Gasteiger partial charge in [0.2, 0.25) is 0 Å². The van der Waals surface area contributed by atoms with Gasteiger partial charge in [0, 0.05) is 24.5 Å². The fraction of sp³-hybridized carbons (Fsp3) is 0.0500. The van der Waals surface area contributed by atoms with Gasteiger partial charge in [-0.3, -0.25) is 20.0 Å². The zero-order valence-corrected chi connectivity index (χ0v) is 13.7. The first-order valence-electron chi connectivity index (χ1n) is 7.83. The summed E-state index contributed by atoms with van der Waals surface area (Å²) in [6, 6.07) is 26.0. The molecule has 0 saturated carbocycles. The van der Waals surface area contributed by atoms with Crippen LogP contribution in [-0.4, -0.2) is 17.8 Å². The molecule has 124 valence electrons. The molecule has 0 atom stereocenters. The zero-order valence-electron chi connectivity index (χ0n) is 13.7. The highest BCUT2D eigenvalue weighted by Gasteiger charge is 2.24. The van der Waals surface area contributed by atoms with Gasteiger partial charge in [-0.15, -0.1) is 0 Å². The summed E-state index contributed by atoms with van der Waals surface area (Å²) < 4.78 is 0. The predicted molar refractivity (Wildman–Crippen MR) is 101 cm³/mol. The SMILES string of the molecule is CN=C(c1ccccc1[N+](=O)[O-])N(c1ccccc1)c1ccccc1. The standard InChI is InChI=1S/C20H17N3O2/c1-21-20(18-14-8-9-15-19(18)23(24)25)22(16-10-4-2-5-11-16)17-12-6-3-7-13-17/h2-15H,1H3. The Bertz CT molecular complexity index is 854. The van der Waals surface area contributed by atoms with Crippen LogP contribution < -0.4 is 4.90 Å². The molecule has 0 spiro atoms. The summed E-state index contributed by atoms with van der Waals surface area (Å²) in [4.78, 5) is 17.4. The quantitative estimate of drug-likeness (QED) is 0.298. The first-order chi connectivity index (χ1) is 12.2. The number of nitro benzene ring substituents is 1. The van der Waals surface area contributed by atoms with Crippen LogP contribution in [0.15, 0.2) is 89.9 Å². The minimum Gasteiger partial charge on any atom is -0.295 e. The van der Waals surface area contributed by atoms with Crippen LogP contribution in [0.5, 0.6) is 0 Å². The smallest absolute Gasteiger partial charge is 0.280 e. The van der Waals surface area contributed by atoms with Crippen LogP contribution in [-0.2, 0) is 0 Å². The number of hydrogen-bond donors (Lipinski definition) is 0. The van der Waals surface area contributed by atoms with Crippen LogP contribution in [0.2, 0.25) is 0 Å². The van der Waals surface area contributed by atoms with Crippen molar-refractivity contribution in [3.8, 4) is 0 Å². The van der Waals surface area contributed by atoms with Gasteiger partial charge in [-0.25, -0.2) is 0 Å². The number of benzene rings is 3. The highest BCUT2D eigenvalue weighted by atomic mass is 16.6. The fourth-order valence-corrected chi connectivity index (χ4v) is 2.71. The van der Waals surface area contributed by atoms with Crippen molar-refractivity contribution in [1.29, 1.82) is 0 Å². The Hall–Kier alpha value is -3.47. The van der Waals surface area contributed by atoms with E-state index in [4.69, 9.17) is 0 Å². The second-order valence-corrected chi connectivity index (χ2v) is 5.33. The van der Waals surface area contributed by atoms with Crippen molar-refractivity contribution in [1.82, 2.24) is 0 Å². The summed E-state index contributed by atoms with van der Waals surface area (Å²) in [5.74, 6) is 0.518. The average molecular weight is 331 g/mol. The molecule has 0 heterocycles. The Morgan fingerprint density at radius 3 is 1.80 bits per heavy atom. The highest BCUT2D eigenvalue weighted by Crippen LogP contribution is 2.30. The summed E-state index contributed by atoms with van der Waals surface area (Å²) in [6.45, 7) is 0. The monoisotopic (exact) mass is 331 g/mol. The summed E-state index contributed by atoms with van der Waals surface area (Å²) in [5.41, 5.74) is 2.27. The lowest BCUT2D eigenvalue weighted by Gasteiger charge is -2.26. The topological polar surface area (TPSA) is 58.7 Å². The lowest BCUT2D eigenvalue weighted by atomic mass is 10.1. The number of para-hydroxylation sites is 3. The molecular formula is C20H17N3O2. The van der Waals surface area contributed by atoms with E-state index in [1.54, 1.807) is 25.2 Å². The summed E-state index contributed by atoms with van der Waals surface area (Å²) in [7, 11) is 1.64. The molecule has 25 heavy (non-hydrogen) atoms. The molecule has 0 fully saturated rings. The lowest BCUT2D eigenvalue weighted by molar-refractivity contribution is -0.385. The van der Waals surface area contributed by atoms with Crippen molar-refractivity contribution in [2.24, 2.45) is 4.99 Å². The fourth-order valence-electron chi connectivity index (χ4n) is 2.71. The van der Waals surface area contributed by atoms with Gasteiger partial charge >= 0.3 is 0 Å². The van der Waals surface area contributed by atoms with Crippen molar-refractivity contribution < 1.29 is 4.92 Å². The molecular weight excluding hydrogens is 314 g/mol. The van der Waals surface area contributed by atoms with E-state index in [0.717, 1.165) is 11.4 Å². The van der Waals surface area contributed by atoms with Crippen LogP contribution >= 0.6 is 0 Å². The van der Waals surface area contributed by atoms with E-state index >= 15 is 0 Å². The first-order valence-corrected chi connectivity index (χ1v) is 7.83. The number of rotatable bonds is 4. The van der Waals surface area contributed by atoms with Crippen LogP contribution in [0.3, 0.4) is 0 Å². The largest absolute Gasteiger partial charge is 0.295 e. The molecule has 5 heteroatoms. The molecule has 0 unspecified atom stereocenters. The molecule has 0 N–H and O–H groups in total. The minimum atomic E-state index is -0.380. The van der Waals surface area contributed by atoms with Crippen LogP contribution in [0, 0.1) is 10.1 Å². The van der Waals surface area contributed by atoms with Crippen molar-refractivity contribution >= 4 is 22.9 Å². The number of nitro groups is 1.